The Morgan fingerprint density at radius 1 is 0.800 bits per heavy atom. The van der Waals surface area contributed by atoms with Crippen molar-refractivity contribution in [3.8, 4) is 0 Å². The van der Waals surface area contributed by atoms with Crippen LogP contribution >= 0.6 is 0 Å². The Bertz CT molecular complexity index is 110. The maximum absolute atomic E-state index is 3.74. The topological polar surface area (TPSA) is 31.2 Å². The van der Waals surface area contributed by atoms with Crippen LogP contribution in [0.2, 0.25) is 0 Å². The molecule has 0 spiro atoms. The lowest BCUT2D eigenvalue weighted by Crippen LogP contribution is -2.09. The lowest BCUT2D eigenvalue weighted by atomic mass is 10.9. The van der Waals surface area contributed by atoms with Gasteiger partial charge >= 0.3 is 0 Å². The predicted octanol–water partition coefficient (Wildman–Crippen LogP) is 0.0812. The first-order chi connectivity index (χ1) is 4.63. The zero-order chi connectivity index (χ0) is 7.98. The van der Waals surface area contributed by atoms with Crippen molar-refractivity contribution in [2.24, 2.45) is 10.2 Å². The van der Waals surface area contributed by atoms with E-state index in [-0.39, 0.29) is 0 Å². The van der Waals surface area contributed by atoms with Crippen molar-refractivity contribution in [2.45, 2.75) is 0 Å². The monoisotopic (exact) mass is 142 g/mol. The molecule has 0 rings (SSSR count). The Morgan fingerprint density at radius 3 is 1.30 bits per heavy atom. The maximum Gasteiger partial charge on any atom is 0.113 e. The van der Waals surface area contributed by atoms with Crippen LogP contribution in [0.25, 0.3) is 0 Å². The van der Waals surface area contributed by atoms with Gasteiger partial charge in [-0.05, 0) is 0 Å². The first-order valence-electron chi connectivity index (χ1n) is 3.02. The molecular weight excluding hydrogens is 128 g/mol. The fourth-order valence-electron chi connectivity index (χ4n) is 0.266. The molecule has 0 amide bonds. The minimum atomic E-state index is 1.64. The van der Waals surface area contributed by atoms with E-state index in [4.69, 9.17) is 0 Å². The third kappa shape index (κ3) is 6.94. The van der Waals surface area contributed by atoms with E-state index in [0.29, 0.717) is 0 Å². The molecule has 0 saturated carbocycles. The minimum Gasteiger partial charge on any atom is -0.367 e. The Hall–Kier alpha value is -1.06. The highest BCUT2D eigenvalue weighted by Gasteiger charge is 1.74. The summed E-state index contributed by atoms with van der Waals surface area (Å²) in [5.41, 5.74) is 0. The molecule has 4 heteroatoms. The smallest absolute Gasteiger partial charge is 0.113 e. The SMILES string of the molecule is CN(C)/C=N/N=C/N(C)C. The second kappa shape index (κ2) is 4.78. The van der Waals surface area contributed by atoms with Gasteiger partial charge in [-0.3, -0.25) is 0 Å². The van der Waals surface area contributed by atoms with Crippen molar-refractivity contribution in [2.75, 3.05) is 28.2 Å². The molecule has 0 aliphatic heterocycles. The molecule has 0 aliphatic rings. The van der Waals surface area contributed by atoms with E-state index in [2.05, 4.69) is 10.2 Å². The van der Waals surface area contributed by atoms with Gasteiger partial charge in [0.05, 0.1) is 0 Å². The normalized spacial score (nSPS) is 11.2. The molecule has 4 nitrogen and oxygen atoms in total. The van der Waals surface area contributed by atoms with Crippen LogP contribution < -0.4 is 0 Å². The molecule has 0 unspecified atom stereocenters. The number of hydrogen-bond acceptors (Lipinski definition) is 2. The average Bonchev–Trinajstić information content (AvgIpc) is 1.79. The highest BCUT2D eigenvalue weighted by atomic mass is 15.3. The van der Waals surface area contributed by atoms with Crippen LogP contribution in [0.15, 0.2) is 10.2 Å². The molecule has 0 N–H and O–H groups in total. The molecule has 0 aromatic carbocycles. The highest BCUT2D eigenvalue weighted by molar-refractivity contribution is 5.57. The summed E-state index contributed by atoms with van der Waals surface area (Å²) in [6.45, 7) is 0. The number of hydrogen-bond donors (Lipinski definition) is 0. The molecule has 0 heterocycles. The van der Waals surface area contributed by atoms with Gasteiger partial charge < -0.3 is 9.80 Å². The van der Waals surface area contributed by atoms with Crippen LogP contribution in [0.5, 0.6) is 0 Å². The van der Waals surface area contributed by atoms with Gasteiger partial charge in [-0.1, -0.05) is 0 Å². The van der Waals surface area contributed by atoms with Crippen molar-refractivity contribution in [3.63, 3.8) is 0 Å². The Morgan fingerprint density at radius 2 is 1.10 bits per heavy atom. The first-order valence-corrected chi connectivity index (χ1v) is 3.02. The quantitative estimate of drug-likeness (QED) is 0.317. The van der Waals surface area contributed by atoms with E-state index >= 15 is 0 Å². The van der Waals surface area contributed by atoms with Crippen LogP contribution in [0.1, 0.15) is 0 Å². The third-order valence-corrected chi connectivity index (χ3v) is 0.632. The van der Waals surface area contributed by atoms with Crippen LogP contribution in [-0.2, 0) is 0 Å². The van der Waals surface area contributed by atoms with E-state index in [1.165, 1.54) is 0 Å². The summed E-state index contributed by atoms with van der Waals surface area (Å²) in [5, 5.41) is 7.48. The third-order valence-electron chi connectivity index (χ3n) is 0.632. The predicted molar refractivity (Wildman–Crippen MR) is 44.4 cm³/mol. The fourth-order valence-corrected chi connectivity index (χ4v) is 0.266. The fraction of sp³-hybridized carbons (Fsp3) is 0.667. The van der Waals surface area contributed by atoms with Crippen molar-refractivity contribution in [1.29, 1.82) is 0 Å². The zero-order valence-electron chi connectivity index (χ0n) is 6.94. The largest absolute Gasteiger partial charge is 0.367 e. The van der Waals surface area contributed by atoms with Gasteiger partial charge in [0.1, 0.15) is 12.7 Å². The lowest BCUT2D eigenvalue weighted by Gasteiger charge is -2.01. The van der Waals surface area contributed by atoms with Crippen molar-refractivity contribution in [3.05, 3.63) is 0 Å². The number of nitrogens with zero attached hydrogens (tertiary/aromatic N) is 4. The standard InChI is InChI=1S/C6H14N4/c1-9(2)5-7-8-6-10(3)4/h5-6H,1-4H3/b7-5+,8-6+. The van der Waals surface area contributed by atoms with Gasteiger partial charge in [0.15, 0.2) is 0 Å². The van der Waals surface area contributed by atoms with Gasteiger partial charge in [-0.25, -0.2) is 0 Å². The maximum atomic E-state index is 3.74. The minimum absolute atomic E-state index is 1.64. The summed E-state index contributed by atoms with van der Waals surface area (Å²) >= 11 is 0. The lowest BCUT2D eigenvalue weighted by molar-refractivity contribution is 0.631. The van der Waals surface area contributed by atoms with E-state index < -0.39 is 0 Å². The summed E-state index contributed by atoms with van der Waals surface area (Å²) < 4.78 is 0. The summed E-state index contributed by atoms with van der Waals surface area (Å²) in [5.74, 6) is 0. The Kier molecular flexibility index (Phi) is 4.28. The van der Waals surface area contributed by atoms with Gasteiger partial charge in [0.25, 0.3) is 0 Å². The Balaban J connectivity index is 3.52. The van der Waals surface area contributed by atoms with E-state index in [1.54, 1.807) is 12.7 Å². The van der Waals surface area contributed by atoms with Gasteiger partial charge in [-0.2, -0.15) is 0 Å². The summed E-state index contributed by atoms with van der Waals surface area (Å²) in [6, 6.07) is 0. The number of rotatable bonds is 3. The zero-order valence-corrected chi connectivity index (χ0v) is 6.94. The molecule has 10 heavy (non-hydrogen) atoms. The molecule has 58 valence electrons. The summed E-state index contributed by atoms with van der Waals surface area (Å²) in [4.78, 5) is 3.65. The molecule has 0 saturated heterocycles. The Labute approximate surface area is 61.8 Å². The second-order valence-corrected chi connectivity index (χ2v) is 2.39. The molecule has 0 fully saturated rings. The van der Waals surface area contributed by atoms with Crippen LogP contribution in [0.3, 0.4) is 0 Å². The molecular formula is C6H14N4. The average molecular weight is 142 g/mol. The second-order valence-electron chi connectivity index (χ2n) is 2.39. The van der Waals surface area contributed by atoms with Gasteiger partial charge in [0, 0.05) is 28.2 Å². The molecule has 0 atom stereocenters. The van der Waals surface area contributed by atoms with Crippen molar-refractivity contribution in [1.82, 2.24) is 9.80 Å². The van der Waals surface area contributed by atoms with Crippen molar-refractivity contribution < 1.29 is 0 Å². The van der Waals surface area contributed by atoms with Crippen molar-refractivity contribution >= 4 is 12.7 Å². The van der Waals surface area contributed by atoms with Crippen LogP contribution in [0, 0.1) is 0 Å². The van der Waals surface area contributed by atoms with Crippen LogP contribution in [0.4, 0.5) is 0 Å². The molecule has 0 aliphatic carbocycles. The van der Waals surface area contributed by atoms with Crippen LogP contribution in [-0.4, -0.2) is 50.7 Å². The molecule has 0 aromatic heterocycles. The van der Waals surface area contributed by atoms with E-state index in [1.807, 2.05) is 38.0 Å². The summed E-state index contributed by atoms with van der Waals surface area (Å²) in [6.07, 6.45) is 3.28. The molecule has 0 bridgehead atoms. The van der Waals surface area contributed by atoms with E-state index in [9.17, 15) is 0 Å². The summed E-state index contributed by atoms with van der Waals surface area (Å²) in [7, 11) is 7.59. The van der Waals surface area contributed by atoms with Gasteiger partial charge in [0.2, 0.25) is 0 Å². The first kappa shape index (κ1) is 8.94. The van der Waals surface area contributed by atoms with E-state index in [0.717, 1.165) is 0 Å². The highest BCUT2D eigenvalue weighted by Crippen LogP contribution is 1.71. The molecule has 0 aromatic rings. The molecule has 0 radical (unpaired) electrons. The van der Waals surface area contributed by atoms with Gasteiger partial charge in [-0.15, -0.1) is 10.2 Å².